The van der Waals surface area contributed by atoms with Gasteiger partial charge in [-0.1, -0.05) is 30.3 Å². The van der Waals surface area contributed by atoms with Crippen LogP contribution in [0.1, 0.15) is 31.8 Å². The van der Waals surface area contributed by atoms with E-state index < -0.39 is 11.7 Å². The van der Waals surface area contributed by atoms with Crippen LogP contribution in [0.4, 0.5) is 10.1 Å². The number of fused-ring (bicyclic) bond motifs is 3. The molecular weight excluding hydrogens is 459 g/mol. The summed E-state index contributed by atoms with van der Waals surface area (Å²) < 4.78 is 13.3. The fourth-order valence-corrected chi connectivity index (χ4v) is 4.56. The molecule has 0 spiro atoms. The number of hydrogen-bond acceptors (Lipinski definition) is 4. The highest BCUT2D eigenvalue weighted by molar-refractivity contribution is 6.20. The summed E-state index contributed by atoms with van der Waals surface area (Å²) >= 11 is 0. The van der Waals surface area contributed by atoms with Crippen molar-refractivity contribution in [2.75, 3.05) is 5.32 Å². The minimum atomic E-state index is -0.570. The standard InChI is InChI=1S/C28H23FN4O3/c29-17-7-5-16(6-8-17)28(36)33-23-3-1-2-18(22(23)13-30)19-10-11-21(27(31)35)26-25(19)20-9-4-15(14-34)12-24(20)32-26/h1-12,32,34H,13-14,30H2,(H2,31,35)(H,33,36). The maximum atomic E-state index is 13.3. The Morgan fingerprint density at radius 1 is 0.972 bits per heavy atom. The van der Waals surface area contributed by atoms with E-state index in [1.54, 1.807) is 18.2 Å². The van der Waals surface area contributed by atoms with Crippen LogP contribution < -0.4 is 16.8 Å². The first-order valence-corrected chi connectivity index (χ1v) is 11.3. The minimum Gasteiger partial charge on any atom is -0.392 e. The predicted molar refractivity (Wildman–Crippen MR) is 138 cm³/mol. The third-order valence-corrected chi connectivity index (χ3v) is 6.29. The zero-order valence-corrected chi connectivity index (χ0v) is 19.1. The second kappa shape index (κ2) is 9.26. The molecule has 0 atom stereocenters. The normalized spacial score (nSPS) is 11.2. The average molecular weight is 483 g/mol. The number of nitrogens with two attached hydrogens (primary N) is 2. The number of benzene rings is 4. The van der Waals surface area contributed by atoms with Crippen molar-refractivity contribution in [2.45, 2.75) is 13.2 Å². The third kappa shape index (κ3) is 3.98. The highest BCUT2D eigenvalue weighted by Gasteiger charge is 2.20. The first kappa shape index (κ1) is 23.2. The van der Waals surface area contributed by atoms with Gasteiger partial charge < -0.3 is 26.9 Å². The molecule has 8 heteroatoms. The molecule has 7 N–H and O–H groups in total. The third-order valence-electron chi connectivity index (χ3n) is 6.29. The van der Waals surface area contributed by atoms with Crippen LogP contribution in [-0.2, 0) is 13.2 Å². The zero-order chi connectivity index (χ0) is 25.4. The minimum absolute atomic E-state index is 0.117. The van der Waals surface area contributed by atoms with E-state index in [4.69, 9.17) is 11.5 Å². The second-order valence-corrected chi connectivity index (χ2v) is 8.43. The molecular formula is C28H23FN4O3. The molecule has 0 saturated carbocycles. The van der Waals surface area contributed by atoms with Gasteiger partial charge in [-0.05, 0) is 64.7 Å². The predicted octanol–water partition coefficient (Wildman–Crippen LogP) is 4.43. The molecule has 0 bridgehead atoms. The van der Waals surface area contributed by atoms with Gasteiger partial charge in [-0.25, -0.2) is 4.39 Å². The number of aliphatic hydroxyl groups is 1. The van der Waals surface area contributed by atoms with Gasteiger partial charge in [0.1, 0.15) is 5.82 Å². The van der Waals surface area contributed by atoms with Crippen molar-refractivity contribution < 1.29 is 19.1 Å². The van der Waals surface area contributed by atoms with Gasteiger partial charge in [0, 0.05) is 34.1 Å². The number of amides is 2. The number of aromatic nitrogens is 1. The topological polar surface area (TPSA) is 134 Å². The molecule has 0 aliphatic carbocycles. The molecule has 4 aromatic carbocycles. The summed E-state index contributed by atoms with van der Waals surface area (Å²) in [5.41, 5.74) is 17.3. The molecule has 0 aliphatic heterocycles. The van der Waals surface area contributed by atoms with E-state index in [9.17, 15) is 19.1 Å². The van der Waals surface area contributed by atoms with Gasteiger partial charge in [-0.15, -0.1) is 0 Å². The van der Waals surface area contributed by atoms with Crippen LogP contribution in [0.25, 0.3) is 32.9 Å². The number of nitrogens with one attached hydrogen (secondary N) is 2. The number of halogens is 1. The van der Waals surface area contributed by atoms with E-state index in [-0.39, 0.29) is 19.1 Å². The lowest BCUT2D eigenvalue weighted by atomic mass is 9.92. The molecule has 0 unspecified atom stereocenters. The van der Waals surface area contributed by atoms with Gasteiger partial charge in [0.15, 0.2) is 0 Å². The van der Waals surface area contributed by atoms with Crippen molar-refractivity contribution in [1.82, 2.24) is 4.98 Å². The molecule has 0 saturated heterocycles. The summed E-state index contributed by atoms with van der Waals surface area (Å²) in [6, 6.07) is 19.7. The van der Waals surface area contributed by atoms with Gasteiger partial charge in [-0.2, -0.15) is 0 Å². The second-order valence-electron chi connectivity index (χ2n) is 8.43. The number of primary amides is 1. The molecule has 36 heavy (non-hydrogen) atoms. The molecule has 0 radical (unpaired) electrons. The fraction of sp³-hybridized carbons (Fsp3) is 0.0714. The lowest BCUT2D eigenvalue weighted by Crippen LogP contribution is -2.15. The number of anilines is 1. The van der Waals surface area contributed by atoms with Crippen LogP contribution in [-0.4, -0.2) is 21.9 Å². The molecule has 1 aromatic heterocycles. The summed E-state index contributed by atoms with van der Waals surface area (Å²) in [5.74, 6) is -1.39. The van der Waals surface area contributed by atoms with Crippen LogP contribution >= 0.6 is 0 Å². The van der Waals surface area contributed by atoms with Crippen molar-refractivity contribution in [2.24, 2.45) is 11.5 Å². The Kier molecular flexibility index (Phi) is 5.97. The van der Waals surface area contributed by atoms with Gasteiger partial charge in [0.05, 0.1) is 17.7 Å². The summed E-state index contributed by atoms with van der Waals surface area (Å²) in [4.78, 5) is 28.3. The van der Waals surface area contributed by atoms with E-state index in [0.29, 0.717) is 27.9 Å². The van der Waals surface area contributed by atoms with Crippen LogP contribution in [0, 0.1) is 5.82 Å². The van der Waals surface area contributed by atoms with Crippen LogP contribution in [0.3, 0.4) is 0 Å². The number of aliphatic hydroxyl groups excluding tert-OH is 1. The lowest BCUT2D eigenvalue weighted by molar-refractivity contribution is 0.0998. The van der Waals surface area contributed by atoms with Gasteiger partial charge >= 0.3 is 0 Å². The largest absolute Gasteiger partial charge is 0.392 e. The Morgan fingerprint density at radius 3 is 2.44 bits per heavy atom. The van der Waals surface area contributed by atoms with Crippen molar-refractivity contribution in [3.05, 3.63) is 101 Å². The Hall–Kier alpha value is -4.53. The molecule has 2 amide bonds. The van der Waals surface area contributed by atoms with Crippen molar-refractivity contribution in [1.29, 1.82) is 0 Å². The van der Waals surface area contributed by atoms with Crippen LogP contribution in [0.2, 0.25) is 0 Å². The molecule has 180 valence electrons. The average Bonchev–Trinajstić information content (AvgIpc) is 3.27. The Balaban J connectivity index is 1.69. The number of hydrogen-bond donors (Lipinski definition) is 5. The highest BCUT2D eigenvalue weighted by atomic mass is 19.1. The molecule has 0 fully saturated rings. The highest BCUT2D eigenvalue weighted by Crippen LogP contribution is 2.39. The first-order chi connectivity index (χ1) is 17.4. The van der Waals surface area contributed by atoms with Gasteiger partial charge in [-0.3, -0.25) is 9.59 Å². The molecule has 5 rings (SSSR count). The van der Waals surface area contributed by atoms with Crippen molar-refractivity contribution in [3.63, 3.8) is 0 Å². The summed E-state index contributed by atoms with van der Waals surface area (Å²) in [6.45, 7) is 0.0131. The monoisotopic (exact) mass is 482 g/mol. The van der Waals surface area contributed by atoms with E-state index in [1.807, 2.05) is 30.3 Å². The van der Waals surface area contributed by atoms with Crippen molar-refractivity contribution in [3.8, 4) is 11.1 Å². The summed E-state index contributed by atoms with van der Waals surface area (Å²) in [7, 11) is 0. The number of carbonyl (C=O) groups is 2. The first-order valence-electron chi connectivity index (χ1n) is 11.3. The lowest BCUT2D eigenvalue weighted by Gasteiger charge is -2.16. The van der Waals surface area contributed by atoms with E-state index in [0.717, 1.165) is 33.0 Å². The summed E-state index contributed by atoms with van der Waals surface area (Å²) in [6.07, 6.45) is 0. The van der Waals surface area contributed by atoms with Crippen molar-refractivity contribution >= 4 is 39.3 Å². The van der Waals surface area contributed by atoms with Crippen LogP contribution in [0.5, 0.6) is 0 Å². The molecule has 5 aromatic rings. The zero-order valence-electron chi connectivity index (χ0n) is 19.1. The Morgan fingerprint density at radius 2 is 1.75 bits per heavy atom. The SMILES string of the molecule is NCc1c(NC(=O)c2ccc(F)cc2)cccc1-c1ccc(C(N)=O)c2[nH]c3cc(CO)ccc3c12. The molecule has 1 heterocycles. The number of carbonyl (C=O) groups excluding carboxylic acids is 2. The van der Waals surface area contributed by atoms with E-state index >= 15 is 0 Å². The number of aromatic amines is 1. The Bertz CT molecular complexity index is 1640. The molecule has 7 nitrogen and oxygen atoms in total. The quantitative estimate of drug-likeness (QED) is 0.245. The van der Waals surface area contributed by atoms with Gasteiger partial charge in [0.25, 0.3) is 11.8 Å². The smallest absolute Gasteiger partial charge is 0.255 e. The maximum absolute atomic E-state index is 13.3. The Labute approximate surface area is 205 Å². The fourth-order valence-electron chi connectivity index (χ4n) is 4.56. The maximum Gasteiger partial charge on any atom is 0.255 e. The number of rotatable bonds is 6. The van der Waals surface area contributed by atoms with E-state index in [1.165, 1.54) is 24.3 Å². The van der Waals surface area contributed by atoms with E-state index in [2.05, 4.69) is 10.3 Å². The number of H-pyrrole nitrogens is 1. The van der Waals surface area contributed by atoms with Crippen LogP contribution in [0.15, 0.2) is 72.8 Å². The summed E-state index contributed by atoms with van der Waals surface area (Å²) in [5, 5.41) is 14.1. The molecule has 0 aliphatic rings. The van der Waals surface area contributed by atoms with Gasteiger partial charge in [0.2, 0.25) is 0 Å².